The molecule has 0 aliphatic rings. The molecule has 1 aromatic rings. The quantitative estimate of drug-likeness (QED) is 0.641. The molecule has 0 fully saturated rings. The van der Waals surface area contributed by atoms with Crippen molar-refractivity contribution in [3.05, 3.63) is 29.8 Å². The Balaban J connectivity index is 2.22. The summed E-state index contributed by atoms with van der Waals surface area (Å²) in [6.45, 7) is 3.17. The summed E-state index contributed by atoms with van der Waals surface area (Å²) in [4.78, 5) is 11.3. The van der Waals surface area contributed by atoms with E-state index in [-0.39, 0.29) is 5.91 Å². The molecule has 16 heavy (non-hydrogen) atoms. The van der Waals surface area contributed by atoms with Gasteiger partial charge < -0.3 is 10.1 Å². The average Bonchev–Trinajstić information content (AvgIpc) is 2.26. The summed E-state index contributed by atoms with van der Waals surface area (Å²) >= 11 is 2.23. The van der Waals surface area contributed by atoms with Gasteiger partial charge in [0, 0.05) is 11.0 Å². The maximum Gasteiger partial charge on any atom is 0.223 e. The summed E-state index contributed by atoms with van der Waals surface area (Å²) in [6.07, 6.45) is 0.407. The SMILES string of the molecule is Cc1cccc(OCCC(=O)NCCI)c1. The number of rotatable bonds is 6. The minimum atomic E-state index is 0.0457. The second kappa shape index (κ2) is 7.49. The van der Waals surface area contributed by atoms with Gasteiger partial charge in [0.2, 0.25) is 5.91 Å². The molecule has 0 heterocycles. The molecule has 3 nitrogen and oxygen atoms in total. The average molecular weight is 333 g/mol. The molecule has 88 valence electrons. The van der Waals surface area contributed by atoms with E-state index in [9.17, 15) is 4.79 Å². The third kappa shape index (κ3) is 5.34. The zero-order valence-electron chi connectivity index (χ0n) is 9.33. The molecular weight excluding hydrogens is 317 g/mol. The second-order valence-corrected chi connectivity index (χ2v) is 4.53. The first-order chi connectivity index (χ1) is 7.72. The van der Waals surface area contributed by atoms with Crippen LogP contribution < -0.4 is 10.1 Å². The highest BCUT2D eigenvalue weighted by Crippen LogP contribution is 2.12. The summed E-state index contributed by atoms with van der Waals surface area (Å²) in [5.74, 6) is 0.867. The van der Waals surface area contributed by atoms with Gasteiger partial charge >= 0.3 is 0 Å². The highest BCUT2D eigenvalue weighted by molar-refractivity contribution is 14.1. The Morgan fingerprint density at radius 3 is 3.00 bits per heavy atom. The molecule has 0 bridgehead atoms. The maximum absolute atomic E-state index is 11.3. The molecular formula is C12H16INO2. The number of carbonyl (C=O) groups excluding carboxylic acids is 1. The van der Waals surface area contributed by atoms with Crippen LogP contribution in [0.15, 0.2) is 24.3 Å². The predicted molar refractivity (Wildman–Crippen MR) is 73.2 cm³/mol. The van der Waals surface area contributed by atoms with Gasteiger partial charge in [-0.2, -0.15) is 0 Å². The second-order valence-electron chi connectivity index (χ2n) is 3.45. The third-order valence-corrected chi connectivity index (χ3v) is 2.54. The Bertz CT molecular complexity index is 342. The minimum Gasteiger partial charge on any atom is -0.493 e. The zero-order valence-corrected chi connectivity index (χ0v) is 11.5. The van der Waals surface area contributed by atoms with Crippen LogP contribution >= 0.6 is 22.6 Å². The van der Waals surface area contributed by atoms with Crippen LogP contribution in [0.5, 0.6) is 5.75 Å². The van der Waals surface area contributed by atoms with Crippen LogP contribution in [0.2, 0.25) is 0 Å². The van der Waals surface area contributed by atoms with Gasteiger partial charge in [-0.25, -0.2) is 0 Å². The molecule has 0 spiro atoms. The standard InChI is InChI=1S/C12H16INO2/c1-10-3-2-4-11(9-10)16-8-5-12(15)14-7-6-13/h2-4,9H,5-8H2,1H3,(H,14,15). The lowest BCUT2D eigenvalue weighted by Gasteiger charge is -2.06. The fourth-order valence-electron chi connectivity index (χ4n) is 1.24. The highest BCUT2D eigenvalue weighted by Gasteiger charge is 2.00. The lowest BCUT2D eigenvalue weighted by molar-refractivity contribution is -0.121. The number of nitrogens with one attached hydrogen (secondary N) is 1. The van der Waals surface area contributed by atoms with Gasteiger partial charge in [-0.15, -0.1) is 0 Å². The Morgan fingerprint density at radius 2 is 2.31 bits per heavy atom. The van der Waals surface area contributed by atoms with Crippen LogP contribution in [-0.4, -0.2) is 23.5 Å². The van der Waals surface area contributed by atoms with Crippen molar-refractivity contribution in [3.63, 3.8) is 0 Å². The van der Waals surface area contributed by atoms with E-state index in [1.807, 2.05) is 31.2 Å². The van der Waals surface area contributed by atoms with Gasteiger partial charge in [0.15, 0.2) is 0 Å². The first-order valence-corrected chi connectivity index (χ1v) is 6.77. The van der Waals surface area contributed by atoms with Gasteiger partial charge in [-0.3, -0.25) is 4.79 Å². The molecule has 0 radical (unpaired) electrons. The lowest BCUT2D eigenvalue weighted by atomic mass is 10.2. The van der Waals surface area contributed by atoms with E-state index in [4.69, 9.17) is 4.74 Å². The Kier molecular flexibility index (Phi) is 6.22. The topological polar surface area (TPSA) is 38.3 Å². The summed E-state index contributed by atoms with van der Waals surface area (Å²) < 4.78 is 6.41. The predicted octanol–water partition coefficient (Wildman–Crippen LogP) is 2.32. The number of hydrogen-bond donors (Lipinski definition) is 1. The summed E-state index contributed by atoms with van der Waals surface area (Å²) in [5.41, 5.74) is 1.16. The fourth-order valence-corrected chi connectivity index (χ4v) is 1.51. The zero-order chi connectivity index (χ0) is 11.8. The molecule has 1 N–H and O–H groups in total. The van der Waals surface area contributed by atoms with Crippen LogP contribution in [0, 0.1) is 6.92 Å². The van der Waals surface area contributed by atoms with Crippen molar-refractivity contribution in [2.45, 2.75) is 13.3 Å². The van der Waals surface area contributed by atoms with E-state index in [1.165, 1.54) is 0 Å². The number of carbonyl (C=O) groups is 1. The Morgan fingerprint density at radius 1 is 1.50 bits per heavy atom. The number of ether oxygens (including phenoxy) is 1. The first kappa shape index (κ1) is 13.3. The molecule has 4 heteroatoms. The summed E-state index contributed by atoms with van der Waals surface area (Å²) in [7, 11) is 0. The normalized spacial score (nSPS) is 9.88. The van der Waals surface area contributed by atoms with Gasteiger partial charge in [-0.05, 0) is 24.6 Å². The molecule has 1 amide bonds. The summed E-state index contributed by atoms with van der Waals surface area (Å²) in [6, 6.07) is 7.82. The smallest absolute Gasteiger partial charge is 0.223 e. The van der Waals surface area contributed by atoms with E-state index in [2.05, 4.69) is 27.9 Å². The lowest BCUT2D eigenvalue weighted by Crippen LogP contribution is -2.26. The van der Waals surface area contributed by atoms with Crippen molar-refractivity contribution in [2.75, 3.05) is 17.6 Å². The molecule has 0 atom stereocenters. The van der Waals surface area contributed by atoms with Gasteiger partial charge in [0.25, 0.3) is 0 Å². The van der Waals surface area contributed by atoms with E-state index in [0.29, 0.717) is 13.0 Å². The van der Waals surface area contributed by atoms with Crippen molar-refractivity contribution < 1.29 is 9.53 Å². The molecule has 0 aliphatic heterocycles. The first-order valence-electron chi connectivity index (χ1n) is 5.24. The molecule has 1 rings (SSSR count). The van der Waals surface area contributed by atoms with Crippen LogP contribution in [0.3, 0.4) is 0 Å². The number of alkyl halides is 1. The fraction of sp³-hybridized carbons (Fsp3) is 0.417. The van der Waals surface area contributed by atoms with Crippen molar-refractivity contribution >= 4 is 28.5 Å². The van der Waals surface area contributed by atoms with Crippen molar-refractivity contribution in [2.24, 2.45) is 0 Å². The highest BCUT2D eigenvalue weighted by atomic mass is 127. The van der Waals surface area contributed by atoms with E-state index in [0.717, 1.165) is 22.3 Å². The minimum absolute atomic E-state index is 0.0457. The molecule has 0 aromatic heterocycles. The van der Waals surface area contributed by atoms with Crippen LogP contribution in [-0.2, 0) is 4.79 Å². The number of halogens is 1. The number of benzene rings is 1. The van der Waals surface area contributed by atoms with E-state index in [1.54, 1.807) is 0 Å². The van der Waals surface area contributed by atoms with Crippen LogP contribution in [0.25, 0.3) is 0 Å². The van der Waals surface area contributed by atoms with Crippen molar-refractivity contribution in [1.82, 2.24) is 5.32 Å². The number of amides is 1. The third-order valence-electron chi connectivity index (χ3n) is 2.00. The largest absolute Gasteiger partial charge is 0.493 e. The van der Waals surface area contributed by atoms with Crippen molar-refractivity contribution in [3.8, 4) is 5.75 Å². The summed E-state index contributed by atoms with van der Waals surface area (Å²) in [5, 5.41) is 2.80. The number of hydrogen-bond acceptors (Lipinski definition) is 2. The van der Waals surface area contributed by atoms with Crippen molar-refractivity contribution in [1.29, 1.82) is 0 Å². The molecule has 0 aliphatic carbocycles. The van der Waals surface area contributed by atoms with Gasteiger partial charge in [0.05, 0.1) is 13.0 Å². The maximum atomic E-state index is 11.3. The molecule has 0 unspecified atom stereocenters. The molecule has 0 saturated heterocycles. The van der Waals surface area contributed by atoms with E-state index < -0.39 is 0 Å². The van der Waals surface area contributed by atoms with Gasteiger partial charge in [-0.1, -0.05) is 34.7 Å². The van der Waals surface area contributed by atoms with Gasteiger partial charge in [0.1, 0.15) is 5.75 Å². The number of aryl methyl sites for hydroxylation is 1. The Labute approximate surface area is 110 Å². The Hall–Kier alpha value is -0.780. The van der Waals surface area contributed by atoms with Crippen LogP contribution in [0.4, 0.5) is 0 Å². The van der Waals surface area contributed by atoms with Crippen LogP contribution in [0.1, 0.15) is 12.0 Å². The molecule has 1 aromatic carbocycles. The molecule has 0 saturated carbocycles. The van der Waals surface area contributed by atoms with E-state index >= 15 is 0 Å². The monoisotopic (exact) mass is 333 g/mol.